The number of ether oxygens (including phenoxy) is 1. The van der Waals surface area contributed by atoms with E-state index in [9.17, 15) is 14.7 Å². The van der Waals surface area contributed by atoms with Crippen molar-refractivity contribution in [3.05, 3.63) is 54.1 Å². The van der Waals surface area contributed by atoms with Crippen LogP contribution in [0.25, 0.3) is 0 Å². The van der Waals surface area contributed by atoms with Crippen LogP contribution in [0.5, 0.6) is 11.5 Å². The number of carboxylic acid groups (broad SMARTS) is 1. The van der Waals surface area contributed by atoms with Crippen LogP contribution in [0.2, 0.25) is 0 Å². The van der Waals surface area contributed by atoms with E-state index >= 15 is 0 Å². The molecule has 0 saturated heterocycles. The average Bonchev–Trinajstić information content (AvgIpc) is 2.74. The molecule has 0 spiro atoms. The SMILES string of the molecule is CCC1CCC(C(=O)N(c2cc(Oc3ccccc3)ccc2C(=O)O)C(C)C)CC1. The summed E-state index contributed by atoms with van der Waals surface area (Å²) in [7, 11) is 0. The van der Waals surface area contributed by atoms with Crippen molar-refractivity contribution in [3.63, 3.8) is 0 Å². The summed E-state index contributed by atoms with van der Waals surface area (Å²) in [5.74, 6) is 0.763. The topological polar surface area (TPSA) is 66.8 Å². The van der Waals surface area contributed by atoms with E-state index in [0.29, 0.717) is 23.1 Å². The standard InChI is InChI=1S/C25H31NO4/c1-4-18-10-12-19(13-11-18)24(27)26(17(2)3)23-16-21(14-15-22(23)25(28)29)30-20-8-6-5-7-9-20/h5-9,14-19H,4,10-13H2,1-3H3,(H,28,29). The molecule has 5 heteroatoms. The van der Waals surface area contributed by atoms with Gasteiger partial charge in [0.05, 0.1) is 11.3 Å². The Morgan fingerprint density at radius 3 is 2.27 bits per heavy atom. The van der Waals surface area contributed by atoms with Crippen molar-refractivity contribution in [3.8, 4) is 11.5 Å². The van der Waals surface area contributed by atoms with Gasteiger partial charge in [-0.15, -0.1) is 0 Å². The monoisotopic (exact) mass is 409 g/mol. The maximum Gasteiger partial charge on any atom is 0.337 e. The van der Waals surface area contributed by atoms with Gasteiger partial charge in [-0.3, -0.25) is 4.79 Å². The first-order chi connectivity index (χ1) is 14.4. The van der Waals surface area contributed by atoms with Crippen LogP contribution in [0, 0.1) is 11.8 Å². The van der Waals surface area contributed by atoms with E-state index in [0.717, 1.165) is 32.1 Å². The molecule has 0 aromatic heterocycles. The van der Waals surface area contributed by atoms with E-state index in [1.54, 1.807) is 17.0 Å². The molecule has 5 nitrogen and oxygen atoms in total. The van der Waals surface area contributed by atoms with Gasteiger partial charge in [-0.05, 0) is 69.7 Å². The molecule has 1 aliphatic rings. The van der Waals surface area contributed by atoms with Crippen molar-refractivity contribution in [2.75, 3.05) is 4.90 Å². The lowest BCUT2D eigenvalue weighted by molar-refractivity contribution is -0.124. The van der Waals surface area contributed by atoms with Crippen molar-refractivity contribution in [2.45, 2.75) is 58.9 Å². The summed E-state index contributed by atoms with van der Waals surface area (Å²) < 4.78 is 5.91. The number of aromatic carboxylic acids is 1. The number of hydrogen-bond acceptors (Lipinski definition) is 3. The number of benzene rings is 2. The van der Waals surface area contributed by atoms with E-state index in [-0.39, 0.29) is 23.4 Å². The van der Waals surface area contributed by atoms with Crippen LogP contribution in [0.3, 0.4) is 0 Å². The molecule has 0 atom stereocenters. The zero-order valence-electron chi connectivity index (χ0n) is 18.0. The Bertz CT molecular complexity index is 870. The van der Waals surface area contributed by atoms with Crippen LogP contribution in [-0.4, -0.2) is 23.0 Å². The number of carboxylic acids is 1. The van der Waals surface area contributed by atoms with Gasteiger partial charge in [0.25, 0.3) is 0 Å². The molecule has 2 aromatic rings. The van der Waals surface area contributed by atoms with Gasteiger partial charge in [0, 0.05) is 18.0 Å². The van der Waals surface area contributed by atoms with Gasteiger partial charge in [-0.1, -0.05) is 31.5 Å². The Balaban J connectivity index is 1.92. The Morgan fingerprint density at radius 2 is 1.70 bits per heavy atom. The summed E-state index contributed by atoms with van der Waals surface area (Å²) in [6.45, 7) is 6.04. The predicted molar refractivity (Wildman–Crippen MR) is 118 cm³/mol. The van der Waals surface area contributed by atoms with E-state index in [1.165, 1.54) is 6.07 Å². The number of para-hydroxylation sites is 1. The highest BCUT2D eigenvalue weighted by Crippen LogP contribution is 2.36. The zero-order chi connectivity index (χ0) is 21.7. The van der Waals surface area contributed by atoms with Gasteiger partial charge >= 0.3 is 5.97 Å². The van der Waals surface area contributed by atoms with Gasteiger partial charge < -0.3 is 14.7 Å². The molecule has 160 valence electrons. The molecule has 1 N–H and O–H groups in total. The lowest BCUT2D eigenvalue weighted by atomic mass is 9.80. The first kappa shape index (κ1) is 21.9. The molecular formula is C25H31NO4. The molecule has 1 fully saturated rings. The van der Waals surface area contributed by atoms with Crippen molar-refractivity contribution in [1.29, 1.82) is 0 Å². The molecule has 1 aliphatic carbocycles. The zero-order valence-corrected chi connectivity index (χ0v) is 18.0. The number of anilines is 1. The van der Waals surface area contributed by atoms with Gasteiger partial charge in [-0.25, -0.2) is 4.79 Å². The molecule has 0 unspecified atom stereocenters. The van der Waals surface area contributed by atoms with E-state index in [1.807, 2.05) is 44.2 Å². The Hall–Kier alpha value is -2.82. The number of carbonyl (C=O) groups is 2. The molecule has 2 aromatic carbocycles. The van der Waals surface area contributed by atoms with Crippen molar-refractivity contribution >= 4 is 17.6 Å². The molecule has 3 rings (SSSR count). The molecule has 1 amide bonds. The van der Waals surface area contributed by atoms with E-state index in [2.05, 4.69) is 6.92 Å². The second kappa shape index (κ2) is 9.79. The largest absolute Gasteiger partial charge is 0.478 e. The van der Waals surface area contributed by atoms with Crippen LogP contribution < -0.4 is 9.64 Å². The highest BCUT2D eigenvalue weighted by Gasteiger charge is 2.32. The Labute approximate surface area is 178 Å². The number of rotatable bonds is 7. The normalized spacial score (nSPS) is 18.8. The van der Waals surface area contributed by atoms with Crippen molar-refractivity contribution in [2.24, 2.45) is 11.8 Å². The maximum absolute atomic E-state index is 13.5. The molecule has 30 heavy (non-hydrogen) atoms. The highest BCUT2D eigenvalue weighted by molar-refractivity contribution is 6.03. The minimum atomic E-state index is -1.05. The summed E-state index contributed by atoms with van der Waals surface area (Å²) in [6, 6.07) is 14.0. The Kier molecular flexibility index (Phi) is 7.14. The lowest BCUT2D eigenvalue weighted by Gasteiger charge is -2.34. The minimum Gasteiger partial charge on any atom is -0.478 e. The molecule has 0 heterocycles. The summed E-state index contributed by atoms with van der Waals surface area (Å²) in [6.07, 6.45) is 4.99. The molecule has 1 saturated carbocycles. The average molecular weight is 410 g/mol. The maximum atomic E-state index is 13.5. The fourth-order valence-electron chi connectivity index (χ4n) is 4.25. The van der Waals surface area contributed by atoms with E-state index < -0.39 is 5.97 Å². The van der Waals surface area contributed by atoms with Gasteiger partial charge in [0.15, 0.2) is 0 Å². The first-order valence-corrected chi connectivity index (χ1v) is 10.8. The molecular weight excluding hydrogens is 378 g/mol. The highest BCUT2D eigenvalue weighted by atomic mass is 16.5. The Morgan fingerprint density at radius 1 is 1.03 bits per heavy atom. The first-order valence-electron chi connectivity index (χ1n) is 10.8. The number of amides is 1. The number of nitrogens with zero attached hydrogens (tertiary/aromatic N) is 1. The number of carbonyl (C=O) groups excluding carboxylic acids is 1. The van der Waals surface area contributed by atoms with Gasteiger partial charge in [0.2, 0.25) is 5.91 Å². The lowest BCUT2D eigenvalue weighted by Crippen LogP contribution is -2.43. The van der Waals surface area contributed by atoms with Crippen molar-refractivity contribution < 1.29 is 19.4 Å². The molecule has 0 bridgehead atoms. The summed E-state index contributed by atoms with van der Waals surface area (Å²) in [5, 5.41) is 9.76. The van der Waals surface area contributed by atoms with Crippen LogP contribution in [0.1, 0.15) is 63.2 Å². The molecule has 0 radical (unpaired) electrons. The smallest absolute Gasteiger partial charge is 0.337 e. The van der Waals surface area contributed by atoms with Crippen LogP contribution >= 0.6 is 0 Å². The third kappa shape index (κ3) is 5.02. The number of hydrogen-bond donors (Lipinski definition) is 1. The van der Waals surface area contributed by atoms with E-state index in [4.69, 9.17) is 4.74 Å². The van der Waals surface area contributed by atoms with Crippen LogP contribution in [0.4, 0.5) is 5.69 Å². The van der Waals surface area contributed by atoms with Gasteiger partial charge in [-0.2, -0.15) is 0 Å². The minimum absolute atomic E-state index is 0.0129. The fourth-order valence-corrected chi connectivity index (χ4v) is 4.25. The quantitative estimate of drug-likeness (QED) is 0.597. The van der Waals surface area contributed by atoms with Crippen molar-refractivity contribution in [1.82, 2.24) is 0 Å². The third-order valence-electron chi connectivity index (χ3n) is 5.97. The summed E-state index contributed by atoms with van der Waals surface area (Å²) in [5.41, 5.74) is 0.508. The van der Waals surface area contributed by atoms with Crippen LogP contribution in [0.15, 0.2) is 48.5 Å². The fraction of sp³-hybridized carbons (Fsp3) is 0.440. The summed E-state index contributed by atoms with van der Waals surface area (Å²) >= 11 is 0. The predicted octanol–water partition coefficient (Wildman–Crippen LogP) is 6.13. The molecule has 0 aliphatic heterocycles. The van der Waals surface area contributed by atoms with Gasteiger partial charge in [0.1, 0.15) is 11.5 Å². The second-order valence-corrected chi connectivity index (χ2v) is 8.33. The third-order valence-corrected chi connectivity index (χ3v) is 5.97. The summed E-state index contributed by atoms with van der Waals surface area (Å²) in [4.78, 5) is 27.0. The second-order valence-electron chi connectivity index (χ2n) is 8.33. The van der Waals surface area contributed by atoms with Crippen LogP contribution in [-0.2, 0) is 4.79 Å².